The van der Waals surface area contributed by atoms with Crippen LogP contribution in [0.2, 0.25) is 0 Å². The zero-order valence-corrected chi connectivity index (χ0v) is 22.4. The van der Waals surface area contributed by atoms with Crippen molar-refractivity contribution in [3.8, 4) is 0 Å². The molecule has 0 unspecified atom stereocenters. The average Bonchev–Trinajstić information content (AvgIpc) is 3.83. The number of rotatable bonds is 0. The van der Waals surface area contributed by atoms with Crippen LogP contribution in [0.3, 0.4) is 0 Å². The zero-order valence-electron chi connectivity index (χ0n) is 22.4. The molecular formula is C29H34O11. The van der Waals surface area contributed by atoms with Crippen molar-refractivity contribution in [2.75, 3.05) is 19.8 Å². The fourth-order valence-corrected chi connectivity index (χ4v) is 8.86. The van der Waals surface area contributed by atoms with Crippen molar-refractivity contribution >= 4 is 11.9 Å². The maximum Gasteiger partial charge on any atom is 0.338 e. The Hall–Kier alpha value is -2.12. The summed E-state index contributed by atoms with van der Waals surface area (Å²) in [6.07, 6.45) is 4.33. The summed E-state index contributed by atoms with van der Waals surface area (Å²) >= 11 is 0. The third-order valence-electron chi connectivity index (χ3n) is 11.3. The SMILES string of the molecule is CC1=C[C@H]2O[C@@H]3C[C@H]4OC(=O)/C=C\C=C\[C@]56OCC[C@@]7(O[C@H]7C(=O)OC[C@@]2(CC1)[C@]4(C)[C@]31CO1)[C@H]5O[C@H](O)[C@H]6O. The Morgan fingerprint density at radius 1 is 1.02 bits per heavy atom. The number of ether oxygens (including phenoxy) is 7. The fraction of sp³-hybridized carbons (Fsp3) is 0.724. The van der Waals surface area contributed by atoms with Gasteiger partial charge >= 0.3 is 11.9 Å². The summed E-state index contributed by atoms with van der Waals surface area (Å²) in [6, 6.07) is 0. The second-order valence-corrected chi connectivity index (χ2v) is 12.8. The zero-order chi connectivity index (χ0) is 27.7. The third kappa shape index (κ3) is 2.94. The first-order valence-corrected chi connectivity index (χ1v) is 14.2. The highest BCUT2D eigenvalue weighted by Crippen LogP contribution is 2.72. The number of allylic oxidation sites excluding steroid dienone is 3. The molecule has 0 aromatic rings. The Balaban J connectivity index is 1.22. The Bertz CT molecular complexity index is 1250. The van der Waals surface area contributed by atoms with E-state index in [1.165, 1.54) is 17.7 Å². The number of esters is 2. The maximum absolute atomic E-state index is 13.7. The second-order valence-electron chi connectivity index (χ2n) is 12.8. The van der Waals surface area contributed by atoms with E-state index in [1.807, 2.05) is 0 Å². The van der Waals surface area contributed by atoms with Crippen molar-refractivity contribution in [3.63, 3.8) is 0 Å². The second kappa shape index (κ2) is 8.03. The highest BCUT2D eigenvalue weighted by molar-refractivity contribution is 5.82. The van der Waals surface area contributed by atoms with Crippen LogP contribution >= 0.6 is 0 Å². The van der Waals surface area contributed by atoms with Gasteiger partial charge in [0.1, 0.15) is 41.7 Å². The lowest BCUT2D eigenvalue weighted by molar-refractivity contribution is -0.233. The number of hydrogen-bond donors (Lipinski definition) is 2. The van der Waals surface area contributed by atoms with Gasteiger partial charge in [-0.05, 0) is 25.8 Å². The van der Waals surface area contributed by atoms with Crippen LogP contribution in [0.4, 0.5) is 0 Å². The Morgan fingerprint density at radius 3 is 2.65 bits per heavy atom. The van der Waals surface area contributed by atoms with Gasteiger partial charge in [0.25, 0.3) is 0 Å². The molecule has 0 radical (unpaired) electrons. The number of carbonyl (C=O) groups is 2. The molecule has 3 spiro atoms. The van der Waals surface area contributed by atoms with Crippen LogP contribution in [0.15, 0.2) is 36.0 Å². The monoisotopic (exact) mass is 558 g/mol. The van der Waals surface area contributed by atoms with E-state index in [2.05, 4.69) is 19.9 Å². The molecule has 0 aromatic heterocycles. The van der Waals surface area contributed by atoms with Crippen molar-refractivity contribution in [2.24, 2.45) is 10.8 Å². The number of epoxide rings is 2. The molecule has 40 heavy (non-hydrogen) atoms. The van der Waals surface area contributed by atoms with E-state index in [0.717, 1.165) is 6.42 Å². The van der Waals surface area contributed by atoms with E-state index in [4.69, 9.17) is 33.2 Å². The highest BCUT2D eigenvalue weighted by Gasteiger charge is 2.83. The van der Waals surface area contributed by atoms with Crippen LogP contribution < -0.4 is 0 Å². The lowest BCUT2D eigenvalue weighted by Crippen LogP contribution is -2.67. The van der Waals surface area contributed by atoms with Gasteiger partial charge < -0.3 is 43.4 Å². The van der Waals surface area contributed by atoms with Crippen molar-refractivity contribution in [1.82, 2.24) is 0 Å². The van der Waals surface area contributed by atoms with Crippen molar-refractivity contribution in [2.45, 2.75) is 99.2 Å². The van der Waals surface area contributed by atoms with Gasteiger partial charge in [0.15, 0.2) is 12.4 Å². The fourth-order valence-electron chi connectivity index (χ4n) is 8.86. The molecule has 2 N–H and O–H groups in total. The maximum atomic E-state index is 13.7. The molecule has 4 bridgehead atoms. The molecule has 8 aliphatic rings. The van der Waals surface area contributed by atoms with Crippen LogP contribution in [0, 0.1) is 10.8 Å². The summed E-state index contributed by atoms with van der Waals surface area (Å²) in [6.45, 7) is 4.85. The normalized spacial score (nSPS) is 57.6. The largest absolute Gasteiger partial charge is 0.463 e. The molecule has 11 nitrogen and oxygen atoms in total. The third-order valence-corrected chi connectivity index (χ3v) is 11.3. The predicted molar refractivity (Wildman–Crippen MR) is 132 cm³/mol. The van der Waals surface area contributed by atoms with Crippen LogP contribution in [0.25, 0.3) is 0 Å². The van der Waals surface area contributed by atoms with E-state index < -0.39 is 70.3 Å². The molecule has 0 amide bonds. The quantitative estimate of drug-likeness (QED) is 0.245. The van der Waals surface area contributed by atoms with Gasteiger partial charge in [-0.15, -0.1) is 0 Å². The number of carbonyl (C=O) groups excluding carboxylic acids is 2. The predicted octanol–water partition coefficient (Wildman–Crippen LogP) is 0.615. The molecule has 6 heterocycles. The molecule has 1 saturated carbocycles. The first-order chi connectivity index (χ1) is 19.1. The molecule has 12 atom stereocenters. The van der Waals surface area contributed by atoms with Crippen molar-refractivity contribution in [3.05, 3.63) is 36.0 Å². The topological polar surface area (TPSA) is 146 Å². The summed E-state index contributed by atoms with van der Waals surface area (Å²) in [4.78, 5) is 26.8. The highest BCUT2D eigenvalue weighted by atomic mass is 16.7. The molecule has 0 aromatic carbocycles. The van der Waals surface area contributed by atoms with E-state index in [9.17, 15) is 19.8 Å². The van der Waals surface area contributed by atoms with Gasteiger partial charge in [0.05, 0.1) is 30.8 Å². The summed E-state index contributed by atoms with van der Waals surface area (Å²) < 4.78 is 42.8. The van der Waals surface area contributed by atoms with E-state index >= 15 is 0 Å². The molecule has 8 rings (SSSR count). The lowest BCUT2D eigenvalue weighted by atomic mass is 9.51. The van der Waals surface area contributed by atoms with E-state index in [0.29, 0.717) is 25.9 Å². The molecule has 5 saturated heterocycles. The first-order valence-electron chi connectivity index (χ1n) is 14.2. The Kier molecular flexibility index (Phi) is 5.14. The van der Waals surface area contributed by atoms with Crippen molar-refractivity contribution in [1.29, 1.82) is 0 Å². The molecule has 6 fully saturated rings. The molecule has 216 valence electrons. The van der Waals surface area contributed by atoms with Gasteiger partial charge in [-0.3, -0.25) is 0 Å². The standard InChI is InChI=1S/C29H34O11/c1-15-6-8-26-13-34-23(33)21-28(40-21)9-10-35-27(20(31)22(32)39-24(27)28)7-4-3-5-19(30)38-16-12-18(37-17(26)11-15)29(14-36-29)25(16,26)2/h3-5,7,11,16-18,20-22,24,31-32H,6,8-10,12-14H2,1-2H3/b5-3-,7-4+/t16-,17-,18-,20-,21+,22+,24+,25-,26-,27-,28+,29+/m1/s1. The molecule has 11 heteroatoms. The van der Waals surface area contributed by atoms with Gasteiger partial charge in [0.2, 0.25) is 0 Å². The molecular weight excluding hydrogens is 524 g/mol. The number of aliphatic hydroxyl groups is 2. The smallest absolute Gasteiger partial charge is 0.338 e. The Labute approximate surface area is 231 Å². The van der Waals surface area contributed by atoms with E-state index in [1.54, 1.807) is 12.2 Å². The van der Waals surface area contributed by atoms with Crippen molar-refractivity contribution < 1.29 is 53.0 Å². The number of cyclic esters (lactones) is 1. The van der Waals surface area contributed by atoms with E-state index in [-0.39, 0.29) is 25.4 Å². The van der Waals surface area contributed by atoms with Gasteiger partial charge in [-0.1, -0.05) is 30.7 Å². The minimum absolute atomic E-state index is 0.0345. The summed E-state index contributed by atoms with van der Waals surface area (Å²) in [5, 5.41) is 21.3. The van der Waals surface area contributed by atoms with Crippen LogP contribution in [0.5, 0.6) is 0 Å². The first kappa shape index (κ1) is 25.6. The molecule has 2 aliphatic carbocycles. The number of aliphatic hydroxyl groups excluding tert-OH is 2. The summed E-state index contributed by atoms with van der Waals surface area (Å²) in [7, 11) is 0. The van der Waals surface area contributed by atoms with Gasteiger partial charge in [-0.2, -0.15) is 0 Å². The minimum Gasteiger partial charge on any atom is -0.463 e. The van der Waals surface area contributed by atoms with Gasteiger partial charge in [0, 0.05) is 24.3 Å². The lowest BCUT2D eigenvalue weighted by Gasteiger charge is -2.58. The van der Waals surface area contributed by atoms with Crippen LogP contribution in [-0.4, -0.2) is 102 Å². The summed E-state index contributed by atoms with van der Waals surface area (Å²) in [5.41, 5.74) is -3.37. The van der Waals surface area contributed by atoms with Crippen LogP contribution in [0.1, 0.15) is 39.5 Å². The molecule has 6 aliphatic heterocycles. The minimum atomic E-state index is -1.54. The summed E-state index contributed by atoms with van der Waals surface area (Å²) in [5.74, 6) is -1.07. The Morgan fingerprint density at radius 2 is 1.85 bits per heavy atom. The van der Waals surface area contributed by atoms with Crippen LogP contribution in [-0.2, 0) is 42.7 Å². The average molecular weight is 559 g/mol. The van der Waals surface area contributed by atoms with Gasteiger partial charge in [-0.25, -0.2) is 9.59 Å². The number of hydrogen-bond acceptors (Lipinski definition) is 11.